The second-order valence-corrected chi connectivity index (χ2v) is 18.9. The molecule has 0 radical (unpaired) electrons. The standard InChI is InChI=1S/C45H43F7N14O5/c1-43(5-6-43)58-41(67)70-30-4-3-25(36(30)48)27-15-32(61-60-27)56-39-29-14-24(18-45(50,51)52)62-65(29)35(19-54-39)66-34(17-28(63-66)38-37(49)31(20-69-38)71-42(68)59-44(2)7-8-44)57-40-55-26(16-33-53-9-10-64(33)40)21-11-22(46)13-23(47)12-21/h9-17,19,25,30-31,36-38H,3-8,18,20H2,1-2H3,(H5,53,54,55,56,57,58,59,60,61,62,63,67,68)/p+1/t25-,30-,31-,36+,37+,38-/m0/s1. The van der Waals surface area contributed by atoms with Crippen LogP contribution in [0.25, 0.3) is 28.2 Å². The molecule has 1 saturated heterocycles. The fourth-order valence-corrected chi connectivity index (χ4v) is 8.86. The number of nitrogens with zero attached hydrogens (tertiary/aromatic N) is 8. The minimum atomic E-state index is -4.68. The van der Waals surface area contributed by atoms with Gasteiger partial charge >= 0.3 is 18.4 Å². The summed E-state index contributed by atoms with van der Waals surface area (Å²) in [4.78, 5) is 38.7. The summed E-state index contributed by atoms with van der Waals surface area (Å²) < 4.78 is 124. The number of hydrogen-bond acceptors (Lipinski definition) is 12. The van der Waals surface area contributed by atoms with E-state index in [4.69, 9.17) is 14.2 Å². The molecule has 372 valence electrons. The lowest BCUT2D eigenvalue weighted by Gasteiger charge is -2.19. The van der Waals surface area contributed by atoms with Crippen LogP contribution in [-0.2, 0) is 20.6 Å². The highest BCUT2D eigenvalue weighted by Gasteiger charge is 2.46. The van der Waals surface area contributed by atoms with E-state index in [-0.39, 0.29) is 70.3 Å². The summed E-state index contributed by atoms with van der Waals surface area (Å²) in [6.07, 6.45) is -6.83. The second kappa shape index (κ2) is 17.1. The first kappa shape index (κ1) is 45.9. The van der Waals surface area contributed by atoms with Gasteiger partial charge in [0.25, 0.3) is 17.6 Å². The van der Waals surface area contributed by atoms with Crippen LogP contribution in [-0.4, -0.2) is 105 Å². The molecule has 6 atom stereocenters. The summed E-state index contributed by atoms with van der Waals surface area (Å²) in [5.41, 5.74) is -0.262. The minimum Gasteiger partial charge on any atom is -0.443 e. The van der Waals surface area contributed by atoms with E-state index < -0.39 is 84.2 Å². The van der Waals surface area contributed by atoms with Gasteiger partial charge in [-0.3, -0.25) is 9.50 Å². The molecule has 3 aliphatic carbocycles. The first-order valence-corrected chi connectivity index (χ1v) is 22.7. The van der Waals surface area contributed by atoms with Crippen molar-refractivity contribution >= 4 is 46.8 Å². The summed E-state index contributed by atoms with van der Waals surface area (Å²) in [6.45, 7) is 3.39. The molecule has 7 aromatic rings. The Bertz CT molecular complexity index is 3180. The Morgan fingerprint density at radius 2 is 1.61 bits per heavy atom. The van der Waals surface area contributed by atoms with Gasteiger partial charge in [0.15, 0.2) is 29.4 Å². The minimum absolute atomic E-state index is 0.0117. The summed E-state index contributed by atoms with van der Waals surface area (Å²) in [5, 5.41) is 26.1. The van der Waals surface area contributed by atoms with E-state index in [9.17, 15) is 31.5 Å². The lowest BCUT2D eigenvalue weighted by atomic mass is 10.0. The highest BCUT2D eigenvalue weighted by Crippen LogP contribution is 2.41. The SMILES string of the molecule is CC1(NC(=O)O[C@H]2CO[C@@H](c3cc(Nc4nc(-c5cc(F)cc(F)c5)cc5nccn45)[n+](-c4cnc(Nc5cc([C@@H]6CC[C@H](OC(=O)NC7(C)CC7)[C@@H]6F)[nH]n5)c5cc(CC(F)(F)F)nn45)[nH]3)[C@@H]2F)CC1. The third kappa shape index (κ3) is 9.46. The number of fused-ring (bicyclic) bond motifs is 2. The van der Waals surface area contributed by atoms with Gasteiger partial charge in [0.05, 0.1) is 30.1 Å². The smallest absolute Gasteiger partial charge is 0.408 e. The molecule has 0 unspecified atom stereocenters. The molecule has 26 heteroatoms. The molecule has 1 aromatic carbocycles. The van der Waals surface area contributed by atoms with Crippen LogP contribution in [0, 0.1) is 11.6 Å². The number of H-pyrrole nitrogens is 2. The molecule has 2 amide bonds. The third-order valence-electron chi connectivity index (χ3n) is 13.2. The number of hydrogen-bond donors (Lipinski definition) is 6. The van der Waals surface area contributed by atoms with Crippen molar-refractivity contribution in [3.63, 3.8) is 0 Å². The van der Waals surface area contributed by atoms with Crippen LogP contribution in [0.1, 0.15) is 81.5 Å². The first-order valence-electron chi connectivity index (χ1n) is 22.7. The van der Waals surface area contributed by atoms with E-state index >= 15 is 8.78 Å². The molecule has 4 aliphatic rings. The Hall–Kier alpha value is -7.51. The van der Waals surface area contributed by atoms with E-state index in [1.807, 2.05) is 13.8 Å². The molecule has 1 aliphatic heterocycles. The zero-order valence-electron chi connectivity index (χ0n) is 37.7. The maximum atomic E-state index is 16.3. The fourth-order valence-electron chi connectivity index (χ4n) is 8.86. The number of carbonyl (C=O) groups excluding carboxylic acids is 2. The number of aromatic nitrogens is 10. The molecule has 11 rings (SSSR count). The third-order valence-corrected chi connectivity index (χ3v) is 13.2. The van der Waals surface area contributed by atoms with Gasteiger partial charge in [0.2, 0.25) is 0 Å². The van der Waals surface area contributed by atoms with Gasteiger partial charge in [-0.05, 0) is 64.5 Å². The normalized spacial score (nSPS) is 23.2. The molecule has 3 saturated carbocycles. The van der Waals surface area contributed by atoms with Gasteiger partial charge in [-0.15, -0.1) is 14.3 Å². The maximum Gasteiger partial charge on any atom is 0.408 e. The molecule has 0 spiro atoms. The topological polar surface area (TPSA) is 219 Å². The van der Waals surface area contributed by atoms with E-state index in [0.29, 0.717) is 23.8 Å². The van der Waals surface area contributed by atoms with Gasteiger partial charge in [-0.1, -0.05) is 0 Å². The van der Waals surface area contributed by atoms with Crippen LogP contribution in [0.3, 0.4) is 0 Å². The van der Waals surface area contributed by atoms with Crippen molar-refractivity contribution in [3.05, 3.63) is 89.8 Å². The van der Waals surface area contributed by atoms with Gasteiger partial charge in [0, 0.05) is 71.0 Å². The Balaban J connectivity index is 0.943. The number of nitrogens with one attached hydrogen (secondary N) is 6. The molecule has 4 fully saturated rings. The highest BCUT2D eigenvalue weighted by atomic mass is 19.4. The van der Waals surface area contributed by atoms with E-state index in [0.717, 1.165) is 42.3 Å². The van der Waals surface area contributed by atoms with E-state index in [2.05, 4.69) is 56.6 Å². The number of ether oxygens (including phenoxy) is 3. The van der Waals surface area contributed by atoms with Crippen molar-refractivity contribution < 1.29 is 59.2 Å². The molecule has 19 nitrogen and oxygen atoms in total. The number of rotatable bonds is 13. The average Bonchev–Trinajstić information content (AvgIpc) is 3.73. The van der Waals surface area contributed by atoms with Gasteiger partial charge < -0.3 is 30.2 Å². The number of aromatic amines is 2. The van der Waals surface area contributed by atoms with Crippen molar-refractivity contribution in [1.82, 2.24) is 54.9 Å². The summed E-state index contributed by atoms with van der Waals surface area (Å²) >= 11 is 0. The summed E-state index contributed by atoms with van der Waals surface area (Å²) in [6, 6.07) is 8.50. The quantitative estimate of drug-likeness (QED) is 0.0487. The van der Waals surface area contributed by atoms with Crippen molar-refractivity contribution in [2.45, 2.75) is 113 Å². The number of halogens is 7. The zero-order chi connectivity index (χ0) is 49.6. The van der Waals surface area contributed by atoms with Crippen LogP contribution in [0.4, 0.5) is 63.7 Å². The molecule has 6 N–H and O–H groups in total. The number of amides is 2. The number of imidazole rings is 1. The van der Waals surface area contributed by atoms with Gasteiger partial charge in [-0.2, -0.15) is 23.3 Å². The summed E-state index contributed by atoms with van der Waals surface area (Å²) in [7, 11) is 0. The van der Waals surface area contributed by atoms with Crippen molar-refractivity contribution in [2.75, 3.05) is 17.2 Å². The monoisotopic (exact) mass is 993 g/mol. The fraction of sp³-hybridized carbons (Fsp3) is 0.422. The van der Waals surface area contributed by atoms with Crippen LogP contribution in [0.5, 0.6) is 0 Å². The lowest BCUT2D eigenvalue weighted by Crippen LogP contribution is -2.39. The number of benzene rings is 1. The molecular formula is C45H44F7N14O5+. The van der Waals surface area contributed by atoms with E-state index in [1.165, 1.54) is 45.7 Å². The molecule has 71 heavy (non-hydrogen) atoms. The first-order chi connectivity index (χ1) is 33.8. The molecule has 0 bridgehead atoms. The average molecular weight is 994 g/mol. The van der Waals surface area contributed by atoms with Gasteiger partial charge in [-0.25, -0.2) is 47.5 Å². The van der Waals surface area contributed by atoms with Crippen LogP contribution < -0.4 is 25.9 Å². The zero-order valence-corrected chi connectivity index (χ0v) is 37.7. The molecule has 6 aromatic heterocycles. The van der Waals surface area contributed by atoms with E-state index in [1.54, 1.807) is 6.20 Å². The van der Waals surface area contributed by atoms with Crippen molar-refractivity contribution in [3.8, 4) is 17.1 Å². The summed E-state index contributed by atoms with van der Waals surface area (Å²) in [5.74, 6) is -2.27. The van der Waals surface area contributed by atoms with Crippen LogP contribution in [0.15, 0.2) is 61.1 Å². The second-order valence-electron chi connectivity index (χ2n) is 18.9. The predicted molar refractivity (Wildman–Crippen MR) is 235 cm³/mol. The number of carbonyl (C=O) groups is 2. The van der Waals surface area contributed by atoms with Crippen molar-refractivity contribution in [2.24, 2.45) is 0 Å². The van der Waals surface area contributed by atoms with Crippen LogP contribution >= 0.6 is 0 Å². The Morgan fingerprint density at radius 3 is 2.31 bits per heavy atom. The lowest BCUT2D eigenvalue weighted by molar-refractivity contribution is -0.646. The largest absolute Gasteiger partial charge is 0.443 e. The Morgan fingerprint density at radius 1 is 0.887 bits per heavy atom. The van der Waals surface area contributed by atoms with Crippen LogP contribution in [0.2, 0.25) is 0 Å². The maximum absolute atomic E-state index is 16.3. The number of alkyl carbamates (subject to hydrolysis) is 2. The molecule has 7 heterocycles. The highest BCUT2D eigenvalue weighted by molar-refractivity contribution is 5.74. The number of alkyl halides is 5. The van der Waals surface area contributed by atoms with Gasteiger partial charge in [0.1, 0.15) is 41.9 Å². The Kier molecular flexibility index (Phi) is 11.1. The Labute approximate surface area is 396 Å². The molecular weight excluding hydrogens is 950 g/mol. The van der Waals surface area contributed by atoms with Crippen molar-refractivity contribution in [1.29, 1.82) is 0 Å². The predicted octanol–water partition coefficient (Wildman–Crippen LogP) is 7.56. The number of anilines is 4.